The second kappa shape index (κ2) is 7.54. The number of phenolic OH excluding ortho intramolecular Hbond substituents is 1. The molecule has 7 atom stereocenters. The Morgan fingerprint density at radius 3 is 2.26 bits per heavy atom. The molecule has 8 nitrogen and oxygen atoms in total. The van der Waals surface area contributed by atoms with Crippen LogP contribution in [0.25, 0.3) is 0 Å². The quantitative estimate of drug-likeness (QED) is 0.389. The zero-order valence-electron chi connectivity index (χ0n) is 12.6. The van der Waals surface area contributed by atoms with E-state index in [-0.39, 0.29) is 5.75 Å². The summed E-state index contributed by atoms with van der Waals surface area (Å²) in [6.45, 7) is 0.985. The molecule has 2 rings (SSSR count). The van der Waals surface area contributed by atoms with E-state index in [1.165, 1.54) is 24.3 Å². The largest absolute Gasteiger partial charge is 0.508 e. The van der Waals surface area contributed by atoms with Crippen molar-refractivity contribution in [2.45, 2.75) is 49.8 Å². The highest BCUT2D eigenvalue weighted by atomic mass is 16.7. The Labute approximate surface area is 133 Å². The van der Waals surface area contributed by atoms with Crippen LogP contribution in [0.1, 0.15) is 18.6 Å². The zero-order chi connectivity index (χ0) is 17.1. The van der Waals surface area contributed by atoms with E-state index in [1.54, 1.807) is 6.92 Å². The lowest BCUT2D eigenvalue weighted by molar-refractivity contribution is -0.315. The van der Waals surface area contributed by atoms with E-state index in [1.807, 2.05) is 0 Å². The minimum atomic E-state index is -1.54. The van der Waals surface area contributed by atoms with E-state index in [0.717, 1.165) is 0 Å². The Kier molecular flexibility index (Phi) is 5.93. The second-order valence-corrected chi connectivity index (χ2v) is 5.57. The maximum Gasteiger partial charge on any atom is 0.187 e. The Bertz CT molecular complexity index is 491. The van der Waals surface area contributed by atoms with Crippen molar-refractivity contribution < 1.29 is 40.1 Å². The van der Waals surface area contributed by atoms with Gasteiger partial charge in [-0.2, -0.15) is 0 Å². The molecule has 1 aromatic rings. The van der Waals surface area contributed by atoms with Gasteiger partial charge < -0.3 is 40.1 Å². The van der Waals surface area contributed by atoms with E-state index in [9.17, 15) is 25.5 Å². The van der Waals surface area contributed by atoms with Gasteiger partial charge in [0.15, 0.2) is 6.29 Å². The van der Waals surface area contributed by atoms with Crippen molar-refractivity contribution in [2.75, 3.05) is 6.61 Å². The lowest BCUT2D eigenvalue weighted by Gasteiger charge is -2.41. The first kappa shape index (κ1) is 18.1. The highest BCUT2D eigenvalue weighted by Crippen LogP contribution is 2.27. The summed E-state index contributed by atoms with van der Waals surface area (Å²) >= 11 is 0. The molecule has 1 heterocycles. The fourth-order valence-electron chi connectivity index (χ4n) is 2.41. The number of aliphatic hydroxyl groups is 5. The predicted octanol–water partition coefficient (Wildman–Crippen LogP) is -1.37. The van der Waals surface area contributed by atoms with Crippen molar-refractivity contribution in [3.63, 3.8) is 0 Å². The molecule has 1 aromatic carbocycles. The van der Waals surface area contributed by atoms with E-state index in [2.05, 4.69) is 0 Å². The molecule has 0 radical (unpaired) electrons. The molecular weight excluding hydrogens is 308 g/mol. The smallest absolute Gasteiger partial charge is 0.187 e. The summed E-state index contributed by atoms with van der Waals surface area (Å²) in [7, 11) is 0. The van der Waals surface area contributed by atoms with E-state index < -0.39 is 49.5 Å². The minimum Gasteiger partial charge on any atom is -0.508 e. The first-order valence-electron chi connectivity index (χ1n) is 7.28. The number of benzene rings is 1. The van der Waals surface area contributed by atoms with E-state index >= 15 is 0 Å². The van der Waals surface area contributed by atoms with Crippen LogP contribution in [0.4, 0.5) is 0 Å². The summed E-state index contributed by atoms with van der Waals surface area (Å²) in [5.74, 6) is 0.0588. The van der Waals surface area contributed by atoms with Gasteiger partial charge in [-0.05, 0) is 24.6 Å². The van der Waals surface area contributed by atoms with Crippen molar-refractivity contribution in [2.24, 2.45) is 0 Å². The summed E-state index contributed by atoms with van der Waals surface area (Å²) < 4.78 is 10.7. The average Bonchev–Trinajstić information content (AvgIpc) is 2.55. The van der Waals surface area contributed by atoms with Crippen molar-refractivity contribution in [1.29, 1.82) is 0 Å². The lowest BCUT2D eigenvalue weighted by Crippen LogP contribution is -2.59. The fraction of sp³-hybridized carbons (Fsp3) is 0.600. The Morgan fingerprint density at radius 2 is 1.70 bits per heavy atom. The van der Waals surface area contributed by atoms with Crippen LogP contribution in [-0.4, -0.2) is 74.1 Å². The molecule has 0 aromatic heterocycles. The van der Waals surface area contributed by atoms with Crippen LogP contribution in [-0.2, 0) is 9.47 Å². The lowest BCUT2D eigenvalue weighted by atomic mass is 9.99. The van der Waals surface area contributed by atoms with Gasteiger partial charge >= 0.3 is 0 Å². The Hall–Kier alpha value is -1.26. The molecular formula is C15H22O8. The normalized spacial score (nSPS) is 34.1. The predicted molar refractivity (Wildman–Crippen MR) is 77.4 cm³/mol. The van der Waals surface area contributed by atoms with Gasteiger partial charge in [0.25, 0.3) is 0 Å². The molecule has 0 unspecified atom stereocenters. The summed E-state index contributed by atoms with van der Waals surface area (Å²) in [5, 5.41) is 57.9. The molecule has 1 fully saturated rings. The SMILES string of the molecule is C[C@H](O[C@@H]1O[C@H](CO)[C@@H](O)[C@H](O)[C@H]1O)[C@@H](O)c1ccc(O)cc1. The summed E-state index contributed by atoms with van der Waals surface area (Å²) in [6.07, 6.45) is -8.80. The molecule has 1 aliphatic heterocycles. The number of aliphatic hydroxyl groups excluding tert-OH is 5. The van der Waals surface area contributed by atoms with Crippen LogP contribution in [0.2, 0.25) is 0 Å². The second-order valence-electron chi connectivity index (χ2n) is 5.57. The Balaban J connectivity index is 2.03. The van der Waals surface area contributed by atoms with Gasteiger partial charge in [-0.3, -0.25) is 0 Å². The third-order valence-electron chi connectivity index (χ3n) is 3.88. The first-order chi connectivity index (χ1) is 10.8. The van der Waals surface area contributed by atoms with Gasteiger partial charge in [0.1, 0.15) is 36.3 Å². The van der Waals surface area contributed by atoms with Gasteiger partial charge in [-0.1, -0.05) is 12.1 Å². The molecule has 0 amide bonds. The van der Waals surface area contributed by atoms with Crippen LogP contribution < -0.4 is 0 Å². The van der Waals surface area contributed by atoms with Crippen molar-refractivity contribution in [1.82, 2.24) is 0 Å². The topological polar surface area (TPSA) is 140 Å². The van der Waals surface area contributed by atoms with Gasteiger partial charge in [-0.25, -0.2) is 0 Å². The van der Waals surface area contributed by atoms with Crippen LogP contribution in [0.5, 0.6) is 5.75 Å². The zero-order valence-corrected chi connectivity index (χ0v) is 12.6. The molecule has 1 saturated heterocycles. The van der Waals surface area contributed by atoms with Crippen molar-refractivity contribution in [3.05, 3.63) is 29.8 Å². The van der Waals surface area contributed by atoms with Crippen LogP contribution in [0.15, 0.2) is 24.3 Å². The molecule has 0 saturated carbocycles. The third-order valence-corrected chi connectivity index (χ3v) is 3.88. The van der Waals surface area contributed by atoms with Gasteiger partial charge in [0.05, 0.1) is 12.7 Å². The summed E-state index contributed by atoms with van der Waals surface area (Å²) in [4.78, 5) is 0. The monoisotopic (exact) mass is 330 g/mol. The highest BCUT2D eigenvalue weighted by molar-refractivity contribution is 5.27. The number of rotatable bonds is 5. The van der Waals surface area contributed by atoms with Crippen LogP contribution >= 0.6 is 0 Å². The number of phenols is 1. The maximum atomic E-state index is 10.2. The number of aromatic hydroxyl groups is 1. The molecule has 0 aliphatic carbocycles. The van der Waals surface area contributed by atoms with E-state index in [4.69, 9.17) is 14.6 Å². The average molecular weight is 330 g/mol. The molecule has 6 N–H and O–H groups in total. The summed E-state index contributed by atoms with van der Waals surface area (Å²) in [5.41, 5.74) is 0.486. The molecule has 0 bridgehead atoms. The van der Waals surface area contributed by atoms with E-state index in [0.29, 0.717) is 5.56 Å². The van der Waals surface area contributed by atoms with Crippen LogP contribution in [0, 0.1) is 0 Å². The molecule has 1 aliphatic rings. The highest BCUT2D eigenvalue weighted by Gasteiger charge is 2.44. The number of hydrogen-bond donors (Lipinski definition) is 6. The number of hydrogen-bond acceptors (Lipinski definition) is 8. The van der Waals surface area contributed by atoms with Gasteiger partial charge in [0, 0.05) is 0 Å². The molecule has 130 valence electrons. The Morgan fingerprint density at radius 1 is 1.09 bits per heavy atom. The molecule has 0 spiro atoms. The fourth-order valence-corrected chi connectivity index (χ4v) is 2.41. The third kappa shape index (κ3) is 3.99. The first-order valence-corrected chi connectivity index (χ1v) is 7.28. The number of ether oxygens (including phenoxy) is 2. The summed E-state index contributed by atoms with van der Waals surface area (Å²) in [6, 6.07) is 5.87. The van der Waals surface area contributed by atoms with Crippen molar-refractivity contribution >= 4 is 0 Å². The molecule has 23 heavy (non-hydrogen) atoms. The minimum absolute atomic E-state index is 0.0588. The van der Waals surface area contributed by atoms with Gasteiger partial charge in [-0.15, -0.1) is 0 Å². The van der Waals surface area contributed by atoms with Crippen LogP contribution in [0.3, 0.4) is 0 Å². The standard InChI is InChI=1S/C15H22O8/c1-7(11(18)8-2-4-9(17)5-3-8)22-15-14(21)13(20)12(19)10(6-16)23-15/h2-5,7,10-21H,6H2,1H3/t7-,10+,11+,12+,13-,14+,15+/m0/s1. The maximum absolute atomic E-state index is 10.2. The van der Waals surface area contributed by atoms with Gasteiger partial charge in [0.2, 0.25) is 0 Å². The van der Waals surface area contributed by atoms with Crippen molar-refractivity contribution in [3.8, 4) is 5.75 Å². The molecule has 8 heteroatoms.